The Morgan fingerprint density at radius 3 is 2.73 bits per heavy atom. The summed E-state index contributed by atoms with van der Waals surface area (Å²) in [6.07, 6.45) is -0.243. The summed E-state index contributed by atoms with van der Waals surface area (Å²) in [6, 6.07) is 6.73. The third kappa shape index (κ3) is 2.88. The van der Waals surface area contributed by atoms with Crippen LogP contribution in [0.15, 0.2) is 24.3 Å². The van der Waals surface area contributed by atoms with Gasteiger partial charge in [-0.25, -0.2) is 0 Å². The minimum atomic E-state index is -1.11. The smallest absolute Gasteiger partial charge is 0.192 e. The Labute approximate surface area is 89.9 Å². The van der Waals surface area contributed by atoms with E-state index in [0.717, 1.165) is 12.0 Å². The van der Waals surface area contributed by atoms with E-state index in [4.69, 9.17) is 5.73 Å². The molecule has 0 fully saturated rings. The monoisotopic (exact) mass is 207 g/mol. The average molecular weight is 207 g/mol. The van der Waals surface area contributed by atoms with Gasteiger partial charge >= 0.3 is 0 Å². The van der Waals surface area contributed by atoms with Crippen molar-refractivity contribution >= 4 is 5.78 Å². The van der Waals surface area contributed by atoms with Crippen LogP contribution in [-0.4, -0.2) is 23.0 Å². The number of carbonyl (C=O) groups is 1. The molecule has 0 aliphatic carbocycles. The fourth-order valence-corrected chi connectivity index (χ4v) is 1.35. The van der Waals surface area contributed by atoms with Gasteiger partial charge in [0.15, 0.2) is 5.78 Å². The van der Waals surface area contributed by atoms with Gasteiger partial charge in [0.2, 0.25) is 0 Å². The molecule has 0 heterocycles. The molecule has 3 heteroatoms. The van der Waals surface area contributed by atoms with Crippen LogP contribution in [0.4, 0.5) is 0 Å². The molecule has 0 radical (unpaired) electrons. The van der Waals surface area contributed by atoms with Crippen molar-refractivity contribution in [2.45, 2.75) is 32.4 Å². The first kappa shape index (κ1) is 11.9. The summed E-state index contributed by atoms with van der Waals surface area (Å²) in [7, 11) is 0. The van der Waals surface area contributed by atoms with E-state index in [2.05, 4.69) is 0 Å². The van der Waals surface area contributed by atoms with E-state index in [-0.39, 0.29) is 5.78 Å². The van der Waals surface area contributed by atoms with Crippen molar-refractivity contribution in [3.05, 3.63) is 35.4 Å². The standard InChI is InChI=1S/C12H17NO2/c1-3-9-5-4-6-10(7-9)12(15)11(14)8(2)13/h4-8,11,14H,3,13H2,1-2H3. The second-order valence-corrected chi connectivity index (χ2v) is 3.72. The lowest BCUT2D eigenvalue weighted by molar-refractivity contribution is 0.0707. The van der Waals surface area contributed by atoms with E-state index in [1.165, 1.54) is 0 Å². The number of aliphatic hydroxyl groups is 1. The van der Waals surface area contributed by atoms with Gasteiger partial charge in [-0.15, -0.1) is 0 Å². The normalized spacial score (nSPS) is 14.7. The zero-order valence-corrected chi connectivity index (χ0v) is 9.10. The summed E-state index contributed by atoms with van der Waals surface area (Å²) in [6.45, 7) is 3.64. The molecule has 0 saturated carbocycles. The summed E-state index contributed by atoms with van der Waals surface area (Å²) in [5, 5.41) is 9.54. The van der Waals surface area contributed by atoms with Gasteiger partial charge in [-0.3, -0.25) is 4.79 Å². The average Bonchev–Trinajstić information content (AvgIpc) is 2.27. The van der Waals surface area contributed by atoms with E-state index in [0.29, 0.717) is 5.56 Å². The molecule has 0 saturated heterocycles. The SMILES string of the molecule is CCc1cccc(C(=O)C(O)C(C)N)c1. The predicted octanol–water partition coefficient (Wildman–Crippen LogP) is 1.14. The van der Waals surface area contributed by atoms with Crippen LogP contribution in [0.2, 0.25) is 0 Å². The zero-order valence-electron chi connectivity index (χ0n) is 9.10. The van der Waals surface area contributed by atoms with Crippen LogP contribution in [0, 0.1) is 0 Å². The van der Waals surface area contributed by atoms with Crippen molar-refractivity contribution in [2.75, 3.05) is 0 Å². The van der Waals surface area contributed by atoms with Crippen LogP contribution in [0.3, 0.4) is 0 Å². The molecule has 1 aromatic carbocycles. The third-order valence-corrected chi connectivity index (χ3v) is 2.39. The lowest BCUT2D eigenvalue weighted by Crippen LogP contribution is -2.38. The Kier molecular flexibility index (Phi) is 4.00. The molecule has 0 bridgehead atoms. The topological polar surface area (TPSA) is 63.3 Å². The lowest BCUT2D eigenvalue weighted by atomic mass is 9.99. The number of aliphatic hydroxyl groups excluding tert-OH is 1. The molecule has 0 aromatic heterocycles. The predicted molar refractivity (Wildman–Crippen MR) is 59.8 cm³/mol. The Bertz CT molecular complexity index is 347. The number of benzene rings is 1. The van der Waals surface area contributed by atoms with E-state index in [9.17, 15) is 9.90 Å². The van der Waals surface area contributed by atoms with Crippen molar-refractivity contribution in [3.63, 3.8) is 0 Å². The molecule has 0 amide bonds. The van der Waals surface area contributed by atoms with E-state index in [1.807, 2.05) is 19.1 Å². The molecule has 15 heavy (non-hydrogen) atoms. The first-order valence-corrected chi connectivity index (χ1v) is 5.13. The second kappa shape index (κ2) is 5.05. The Morgan fingerprint density at radius 2 is 2.20 bits per heavy atom. The van der Waals surface area contributed by atoms with Gasteiger partial charge in [-0.05, 0) is 25.0 Å². The molecule has 3 N–H and O–H groups in total. The number of carbonyl (C=O) groups excluding carboxylic acids is 1. The maximum absolute atomic E-state index is 11.7. The molecular formula is C12H17NO2. The molecular weight excluding hydrogens is 190 g/mol. The molecule has 1 aromatic rings. The Hall–Kier alpha value is -1.19. The van der Waals surface area contributed by atoms with Crippen LogP contribution >= 0.6 is 0 Å². The molecule has 0 aliphatic rings. The molecule has 3 nitrogen and oxygen atoms in total. The summed E-state index contributed by atoms with van der Waals surface area (Å²) in [5.74, 6) is -0.305. The summed E-state index contributed by atoms with van der Waals surface area (Å²) >= 11 is 0. The highest BCUT2D eigenvalue weighted by Gasteiger charge is 2.20. The fraction of sp³-hybridized carbons (Fsp3) is 0.417. The number of ketones is 1. The number of Topliss-reactive ketones (excluding diaryl/α,β-unsaturated/α-hetero) is 1. The van der Waals surface area contributed by atoms with Gasteiger partial charge in [-0.2, -0.15) is 0 Å². The second-order valence-electron chi connectivity index (χ2n) is 3.72. The molecule has 2 atom stereocenters. The molecule has 0 aliphatic heterocycles. The van der Waals surface area contributed by atoms with Crippen molar-refractivity contribution in [1.29, 1.82) is 0 Å². The van der Waals surface area contributed by atoms with Crippen LogP contribution in [0.25, 0.3) is 0 Å². The molecule has 1 rings (SSSR count). The Morgan fingerprint density at radius 1 is 1.53 bits per heavy atom. The van der Waals surface area contributed by atoms with Gasteiger partial charge in [0.1, 0.15) is 6.10 Å². The maximum Gasteiger partial charge on any atom is 0.192 e. The minimum Gasteiger partial charge on any atom is -0.383 e. The molecule has 0 spiro atoms. The lowest BCUT2D eigenvalue weighted by Gasteiger charge is -2.13. The fourth-order valence-electron chi connectivity index (χ4n) is 1.35. The van der Waals surface area contributed by atoms with E-state index in [1.54, 1.807) is 19.1 Å². The first-order valence-electron chi connectivity index (χ1n) is 5.13. The van der Waals surface area contributed by atoms with Crippen molar-refractivity contribution in [2.24, 2.45) is 5.73 Å². The molecule has 82 valence electrons. The van der Waals surface area contributed by atoms with E-state index < -0.39 is 12.1 Å². The van der Waals surface area contributed by atoms with Crippen molar-refractivity contribution < 1.29 is 9.90 Å². The van der Waals surface area contributed by atoms with Gasteiger partial charge < -0.3 is 10.8 Å². The highest BCUT2D eigenvalue weighted by Crippen LogP contribution is 2.09. The first-order chi connectivity index (χ1) is 7.06. The van der Waals surface area contributed by atoms with Gasteiger partial charge in [0.05, 0.1) is 0 Å². The van der Waals surface area contributed by atoms with Crippen LogP contribution < -0.4 is 5.73 Å². The number of aryl methyl sites for hydroxylation is 1. The van der Waals surface area contributed by atoms with Crippen LogP contribution in [-0.2, 0) is 6.42 Å². The number of nitrogens with two attached hydrogens (primary N) is 1. The largest absolute Gasteiger partial charge is 0.383 e. The van der Waals surface area contributed by atoms with Crippen LogP contribution in [0.1, 0.15) is 29.8 Å². The van der Waals surface area contributed by atoms with E-state index >= 15 is 0 Å². The minimum absolute atomic E-state index is 0.305. The Balaban J connectivity index is 2.91. The van der Waals surface area contributed by atoms with Gasteiger partial charge in [0, 0.05) is 11.6 Å². The summed E-state index contributed by atoms with van der Waals surface area (Å²) < 4.78 is 0. The number of rotatable bonds is 4. The third-order valence-electron chi connectivity index (χ3n) is 2.39. The quantitative estimate of drug-likeness (QED) is 0.728. The highest BCUT2D eigenvalue weighted by atomic mass is 16.3. The zero-order chi connectivity index (χ0) is 11.4. The maximum atomic E-state index is 11.7. The number of hydrogen-bond acceptors (Lipinski definition) is 3. The van der Waals surface area contributed by atoms with Crippen LogP contribution in [0.5, 0.6) is 0 Å². The molecule has 2 unspecified atom stereocenters. The summed E-state index contributed by atoms with van der Waals surface area (Å²) in [5.41, 5.74) is 7.08. The summed E-state index contributed by atoms with van der Waals surface area (Å²) in [4.78, 5) is 11.7. The van der Waals surface area contributed by atoms with Crippen molar-refractivity contribution in [1.82, 2.24) is 0 Å². The highest BCUT2D eigenvalue weighted by molar-refractivity contribution is 5.99. The van der Waals surface area contributed by atoms with Gasteiger partial charge in [0.25, 0.3) is 0 Å². The van der Waals surface area contributed by atoms with Crippen molar-refractivity contribution in [3.8, 4) is 0 Å². The van der Waals surface area contributed by atoms with Gasteiger partial charge in [-0.1, -0.05) is 25.1 Å². The number of hydrogen-bond donors (Lipinski definition) is 2.